The van der Waals surface area contributed by atoms with Crippen LogP contribution in [-0.4, -0.2) is 24.7 Å². The summed E-state index contributed by atoms with van der Waals surface area (Å²) in [5.74, 6) is 0. The Hall–Kier alpha value is -1.70. The first-order valence-corrected chi connectivity index (χ1v) is 7.41. The number of sulfonamides is 1. The van der Waals surface area contributed by atoms with Gasteiger partial charge in [-0.2, -0.15) is 5.10 Å². The number of nitrogens with one attached hydrogen (secondary N) is 2. The smallest absolute Gasteiger partial charge is 0.244 e. The maximum absolute atomic E-state index is 12.2. The van der Waals surface area contributed by atoms with Crippen LogP contribution in [0.2, 0.25) is 0 Å². The Bertz CT molecular complexity index is 682. The Balaban J connectivity index is 1.92. The van der Waals surface area contributed by atoms with Gasteiger partial charge in [0, 0.05) is 12.2 Å². The second kappa shape index (κ2) is 4.44. The third-order valence-electron chi connectivity index (χ3n) is 3.34. The summed E-state index contributed by atoms with van der Waals surface area (Å²) < 4.78 is 27.0. The van der Waals surface area contributed by atoms with Crippen LogP contribution in [0.4, 0.5) is 0 Å². The van der Waals surface area contributed by atoms with Gasteiger partial charge in [-0.05, 0) is 17.5 Å². The topological polar surface area (TPSA) is 101 Å². The Morgan fingerprint density at radius 3 is 2.89 bits per heavy atom. The molecule has 19 heavy (non-hydrogen) atoms. The molecule has 0 fully saturated rings. The number of rotatable bonds is 3. The lowest BCUT2D eigenvalue weighted by atomic mass is 10.1. The molecule has 0 aliphatic heterocycles. The lowest BCUT2D eigenvalue weighted by Gasteiger charge is -2.18. The quantitative estimate of drug-likeness (QED) is 0.752. The van der Waals surface area contributed by atoms with Crippen LogP contribution >= 0.6 is 0 Å². The van der Waals surface area contributed by atoms with E-state index in [1.165, 1.54) is 12.4 Å². The molecule has 2 atom stereocenters. The second-order valence-corrected chi connectivity index (χ2v) is 6.31. The summed E-state index contributed by atoms with van der Waals surface area (Å²) in [4.78, 5) is 0.115. The number of nitrogens with two attached hydrogens (primary N) is 1. The first kappa shape index (κ1) is 12.3. The predicted octanol–water partition coefficient (Wildman–Crippen LogP) is 0.313. The Kier molecular flexibility index (Phi) is 2.89. The second-order valence-electron chi connectivity index (χ2n) is 4.60. The van der Waals surface area contributed by atoms with Crippen molar-refractivity contribution in [1.82, 2.24) is 14.9 Å². The third kappa shape index (κ3) is 2.16. The first-order valence-electron chi connectivity index (χ1n) is 5.92. The molecule has 1 aromatic heterocycles. The zero-order chi connectivity index (χ0) is 13.5. The molecular weight excluding hydrogens is 264 g/mol. The fraction of sp³-hybridized carbons (Fsp3) is 0.250. The van der Waals surface area contributed by atoms with Crippen molar-refractivity contribution in [3.8, 4) is 0 Å². The zero-order valence-corrected chi connectivity index (χ0v) is 10.9. The number of benzene rings is 1. The molecule has 0 saturated carbocycles. The highest BCUT2D eigenvalue weighted by Gasteiger charge is 2.33. The molecule has 0 spiro atoms. The molecule has 0 saturated heterocycles. The van der Waals surface area contributed by atoms with Crippen molar-refractivity contribution >= 4 is 10.0 Å². The SMILES string of the molecule is NC1Cc2ccccc2C1NS(=O)(=O)c1cn[nH]c1. The Morgan fingerprint density at radius 2 is 2.16 bits per heavy atom. The lowest BCUT2D eigenvalue weighted by molar-refractivity contribution is 0.518. The van der Waals surface area contributed by atoms with E-state index in [0.717, 1.165) is 11.1 Å². The molecule has 1 aromatic carbocycles. The van der Waals surface area contributed by atoms with Gasteiger partial charge in [0.2, 0.25) is 10.0 Å². The minimum absolute atomic E-state index is 0.115. The molecule has 4 N–H and O–H groups in total. The van der Waals surface area contributed by atoms with E-state index in [2.05, 4.69) is 14.9 Å². The average molecular weight is 278 g/mol. The van der Waals surface area contributed by atoms with Crippen LogP contribution in [0.3, 0.4) is 0 Å². The van der Waals surface area contributed by atoms with Gasteiger partial charge in [0.15, 0.2) is 0 Å². The number of fused-ring (bicyclic) bond motifs is 1. The number of aromatic amines is 1. The van der Waals surface area contributed by atoms with Gasteiger partial charge < -0.3 is 5.73 Å². The minimum atomic E-state index is -3.60. The van der Waals surface area contributed by atoms with Crippen molar-refractivity contribution in [2.24, 2.45) is 5.73 Å². The molecule has 3 rings (SSSR count). The minimum Gasteiger partial charge on any atom is -0.326 e. The third-order valence-corrected chi connectivity index (χ3v) is 4.75. The van der Waals surface area contributed by atoms with Gasteiger partial charge >= 0.3 is 0 Å². The summed E-state index contributed by atoms with van der Waals surface area (Å²) in [5.41, 5.74) is 8.08. The van der Waals surface area contributed by atoms with Gasteiger partial charge in [-0.15, -0.1) is 0 Å². The molecule has 2 unspecified atom stereocenters. The van der Waals surface area contributed by atoms with Gasteiger partial charge in [-0.25, -0.2) is 13.1 Å². The van der Waals surface area contributed by atoms with Gasteiger partial charge in [0.05, 0.1) is 12.2 Å². The van der Waals surface area contributed by atoms with Crippen molar-refractivity contribution in [1.29, 1.82) is 0 Å². The molecule has 1 aliphatic carbocycles. The molecule has 0 amide bonds. The number of H-pyrrole nitrogens is 1. The molecule has 1 heterocycles. The van der Waals surface area contributed by atoms with Gasteiger partial charge in [-0.1, -0.05) is 24.3 Å². The zero-order valence-electron chi connectivity index (χ0n) is 10.1. The van der Waals surface area contributed by atoms with E-state index in [1.807, 2.05) is 24.3 Å². The Morgan fingerprint density at radius 1 is 1.37 bits per heavy atom. The van der Waals surface area contributed by atoms with E-state index in [-0.39, 0.29) is 10.9 Å². The van der Waals surface area contributed by atoms with Crippen LogP contribution in [0.15, 0.2) is 41.6 Å². The maximum Gasteiger partial charge on any atom is 0.244 e. The molecule has 1 aliphatic rings. The van der Waals surface area contributed by atoms with E-state index in [0.29, 0.717) is 6.42 Å². The predicted molar refractivity (Wildman–Crippen MR) is 69.8 cm³/mol. The van der Waals surface area contributed by atoms with Crippen LogP contribution in [-0.2, 0) is 16.4 Å². The van der Waals surface area contributed by atoms with Crippen LogP contribution in [0.5, 0.6) is 0 Å². The highest BCUT2D eigenvalue weighted by atomic mass is 32.2. The van der Waals surface area contributed by atoms with Crippen molar-refractivity contribution in [3.63, 3.8) is 0 Å². The summed E-state index contributed by atoms with van der Waals surface area (Å²) in [7, 11) is -3.60. The fourth-order valence-corrected chi connectivity index (χ4v) is 3.57. The number of hydrogen-bond donors (Lipinski definition) is 3. The molecule has 100 valence electrons. The lowest BCUT2D eigenvalue weighted by Crippen LogP contribution is -2.38. The summed E-state index contributed by atoms with van der Waals surface area (Å²) in [6, 6.07) is 7.05. The summed E-state index contributed by atoms with van der Waals surface area (Å²) >= 11 is 0. The normalized spacial score (nSPS) is 22.4. The largest absolute Gasteiger partial charge is 0.326 e. The van der Waals surface area contributed by atoms with Crippen molar-refractivity contribution in [2.45, 2.75) is 23.4 Å². The maximum atomic E-state index is 12.2. The van der Waals surface area contributed by atoms with Crippen LogP contribution in [0.25, 0.3) is 0 Å². The highest BCUT2D eigenvalue weighted by molar-refractivity contribution is 7.89. The highest BCUT2D eigenvalue weighted by Crippen LogP contribution is 2.31. The van der Waals surface area contributed by atoms with E-state index in [1.54, 1.807) is 0 Å². The van der Waals surface area contributed by atoms with Crippen LogP contribution < -0.4 is 10.5 Å². The number of aromatic nitrogens is 2. The molecular formula is C12H14N4O2S. The standard InChI is InChI=1S/C12H14N4O2S/c13-11-5-8-3-1-2-4-10(8)12(11)16-19(17,18)9-6-14-15-7-9/h1-4,6-7,11-12,16H,5,13H2,(H,14,15). The van der Waals surface area contributed by atoms with Crippen LogP contribution in [0, 0.1) is 0 Å². The number of hydrogen-bond acceptors (Lipinski definition) is 4. The molecule has 0 radical (unpaired) electrons. The molecule has 7 heteroatoms. The van der Waals surface area contributed by atoms with Crippen molar-refractivity contribution in [2.75, 3.05) is 0 Å². The summed E-state index contributed by atoms with van der Waals surface area (Å²) in [6.07, 6.45) is 3.29. The fourth-order valence-electron chi connectivity index (χ4n) is 2.40. The van der Waals surface area contributed by atoms with Gasteiger partial charge in [-0.3, -0.25) is 5.10 Å². The van der Waals surface area contributed by atoms with Crippen molar-refractivity contribution in [3.05, 3.63) is 47.8 Å². The first-order chi connectivity index (χ1) is 9.08. The molecule has 6 nitrogen and oxygen atoms in total. The Labute approximate surface area is 111 Å². The van der Waals surface area contributed by atoms with Crippen LogP contribution in [0.1, 0.15) is 17.2 Å². The average Bonchev–Trinajstić information content (AvgIpc) is 2.99. The van der Waals surface area contributed by atoms with E-state index < -0.39 is 16.1 Å². The monoisotopic (exact) mass is 278 g/mol. The van der Waals surface area contributed by atoms with E-state index in [9.17, 15) is 8.42 Å². The van der Waals surface area contributed by atoms with Crippen molar-refractivity contribution < 1.29 is 8.42 Å². The van der Waals surface area contributed by atoms with Gasteiger partial charge in [0.25, 0.3) is 0 Å². The molecule has 2 aromatic rings. The van der Waals surface area contributed by atoms with E-state index in [4.69, 9.17) is 5.73 Å². The van der Waals surface area contributed by atoms with Gasteiger partial charge in [0.1, 0.15) is 4.90 Å². The summed E-state index contributed by atoms with van der Waals surface area (Å²) in [6.45, 7) is 0. The molecule has 0 bridgehead atoms. The van der Waals surface area contributed by atoms with E-state index >= 15 is 0 Å². The number of nitrogens with zero attached hydrogens (tertiary/aromatic N) is 1. The summed E-state index contributed by atoms with van der Waals surface area (Å²) in [5, 5.41) is 6.14.